The zero-order valence-corrected chi connectivity index (χ0v) is 12.4. The maximum atomic E-state index is 13.0. The molecule has 2 atom stereocenters. The molecule has 6 nitrogen and oxygen atoms in total. The van der Waals surface area contributed by atoms with Gasteiger partial charge in [0.2, 0.25) is 5.91 Å². The Kier molecular flexibility index (Phi) is 4.76. The van der Waals surface area contributed by atoms with E-state index < -0.39 is 23.9 Å². The minimum absolute atomic E-state index is 0.146. The van der Waals surface area contributed by atoms with E-state index in [0.29, 0.717) is 12.1 Å². The van der Waals surface area contributed by atoms with Crippen LogP contribution in [0.15, 0.2) is 18.3 Å². The standard InChI is InChI=1S/C14H17F3N4O2/c1-2-19-13(23)8-3-4-11(20-5-8)21-6-9(12(18)22)10(7-21)14(15,16)17/h3-5,9-10H,2,6-7H2,1H3,(H2,18,22)(H,19,23)/t9-,10-/m1/s1. The molecule has 0 unspecified atom stereocenters. The molecule has 23 heavy (non-hydrogen) atoms. The molecule has 0 aromatic carbocycles. The monoisotopic (exact) mass is 330 g/mol. The molecule has 2 heterocycles. The third kappa shape index (κ3) is 3.72. The minimum atomic E-state index is -4.50. The largest absolute Gasteiger partial charge is 0.394 e. The number of halogens is 3. The van der Waals surface area contributed by atoms with Crippen molar-refractivity contribution in [3.8, 4) is 0 Å². The molecule has 1 aromatic heterocycles. The van der Waals surface area contributed by atoms with Crippen molar-refractivity contribution in [1.82, 2.24) is 10.3 Å². The lowest BCUT2D eigenvalue weighted by atomic mass is 9.95. The number of amides is 2. The van der Waals surface area contributed by atoms with Crippen molar-refractivity contribution in [2.24, 2.45) is 17.6 Å². The van der Waals surface area contributed by atoms with Gasteiger partial charge in [-0.1, -0.05) is 0 Å². The van der Waals surface area contributed by atoms with Crippen LogP contribution in [0, 0.1) is 11.8 Å². The summed E-state index contributed by atoms with van der Waals surface area (Å²) < 4.78 is 39.0. The molecule has 2 rings (SSSR count). The van der Waals surface area contributed by atoms with Crippen LogP contribution < -0.4 is 16.0 Å². The number of hydrogen-bond donors (Lipinski definition) is 2. The summed E-state index contributed by atoms with van der Waals surface area (Å²) in [6.45, 7) is 1.70. The molecule has 0 radical (unpaired) electrons. The van der Waals surface area contributed by atoms with Gasteiger partial charge < -0.3 is 16.0 Å². The molecular formula is C14H17F3N4O2. The van der Waals surface area contributed by atoms with Gasteiger partial charge in [0.05, 0.1) is 17.4 Å². The average Bonchev–Trinajstić information content (AvgIpc) is 2.93. The van der Waals surface area contributed by atoms with Gasteiger partial charge in [0.15, 0.2) is 0 Å². The highest BCUT2D eigenvalue weighted by molar-refractivity contribution is 5.94. The second-order valence-corrected chi connectivity index (χ2v) is 5.33. The molecule has 3 N–H and O–H groups in total. The molecule has 1 aliphatic heterocycles. The first-order valence-corrected chi connectivity index (χ1v) is 7.09. The van der Waals surface area contributed by atoms with Gasteiger partial charge in [-0.25, -0.2) is 4.98 Å². The van der Waals surface area contributed by atoms with Crippen molar-refractivity contribution in [2.45, 2.75) is 13.1 Å². The summed E-state index contributed by atoms with van der Waals surface area (Å²) in [5.74, 6) is -4.13. The number of hydrogen-bond acceptors (Lipinski definition) is 4. The third-order valence-corrected chi connectivity index (χ3v) is 3.78. The van der Waals surface area contributed by atoms with Gasteiger partial charge >= 0.3 is 6.18 Å². The van der Waals surface area contributed by atoms with Gasteiger partial charge in [-0.05, 0) is 19.1 Å². The van der Waals surface area contributed by atoms with Crippen LogP contribution in [-0.4, -0.2) is 42.6 Å². The molecule has 1 saturated heterocycles. The predicted molar refractivity (Wildman–Crippen MR) is 76.7 cm³/mol. The fourth-order valence-electron chi connectivity index (χ4n) is 2.58. The summed E-state index contributed by atoms with van der Waals surface area (Å²) in [6, 6.07) is 2.94. The number of nitrogens with one attached hydrogen (secondary N) is 1. The number of anilines is 1. The Morgan fingerprint density at radius 3 is 2.52 bits per heavy atom. The summed E-state index contributed by atoms with van der Waals surface area (Å²) in [6.07, 6.45) is -3.21. The number of nitrogens with zero attached hydrogens (tertiary/aromatic N) is 2. The number of carbonyl (C=O) groups is 2. The Morgan fingerprint density at radius 1 is 1.39 bits per heavy atom. The van der Waals surface area contributed by atoms with Crippen LogP contribution in [0.4, 0.5) is 19.0 Å². The van der Waals surface area contributed by atoms with Crippen LogP contribution in [0.25, 0.3) is 0 Å². The lowest BCUT2D eigenvalue weighted by Crippen LogP contribution is -2.37. The molecule has 0 saturated carbocycles. The summed E-state index contributed by atoms with van der Waals surface area (Å²) in [4.78, 5) is 28.3. The molecule has 1 aliphatic rings. The van der Waals surface area contributed by atoms with E-state index in [2.05, 4.69) is 10.3 Å². The Morgan fingerprint density at radius 2 is 2.09 bits per heavy atom. The average molecular weight is 330 g/mol. The van der Waals surface area contributed by atoms with E-state index >= 15 is 0 Å². The van der Waals surface area contributed by atoms with Gasteiger partial charge in [0.1, 0.15) is 5.82 Å². The zero-order valence-electron chi connectivity index (χ0n) is 12.4. The van der Waals surface area contributed by atoms with Crippen molar-refractivity contribution in [1.29, 1.82) is 0 Å². The zero-order chi connectivity index (χ0) is 17.2. The molecule has 0 spiro atoms. The second kappa shape index (κ2) is 6.43. The van der Waals surface area contributed by atoms with E-state index in [1.807, 2.05) is 0 Å². The summed E-state index contributed by atoms with van der Waals surface area (Å²) in [5, 5.41) is 2.60. The van der Waals surface area contributed by atoms with Crippen LogP contribution in [-0.2, 0) is 4.79 Å². The molecular weight excluding hydrogens is 313 g/mol. The number of nitrogens with two attached hydrogens (primary N) is 1. The summed E-state index contributed by atoms with van der Waals surface area (Å²) in [5.41, 5.74) is 5.40. The van der Waals surface area contributed by atoms with E-state index in [1.165, 1.54) is 23.2 Å². The Balaban J connectivity index is 2.16. The number of aromatic nitrogens is 1. The Bertz CT molecular complexity index is 589. The minimum Gasteiger partial charge on any atom is -0.369 e. The van der Waals surface area contributed by atoms with E-state index in [9.17, 15) is 22.8 Å². The van der Waals surface area contributed by atoms with Crippen molar-refractivity contribution in [3.63, 3.8) is 0 Å². The number of primary amides is 1. The first-order valence-electron chi connectivity index (χ1n) is 7.09. The van der Waals surface area contributed by atoms with Crippen molar-refractivity contribution >= 4 is 17.6 Å². The molecule has 2 amide bonds. The van der Waals surface area contributed by atoms with E-state index in [-0.39, 0.29) is 24.8 Å². The summed E-state index contributed by atoms with van der Waals surface area (Å²) in [7, 11) is 0. The first-order chi connectivity index (χ1) is 10.7. The van der Waals surface area contributed by atoms with E-state index in [1.54, 1.807) is 6.92 Å². The van der Waals surface area contributed by atoms with Crippen LogP contribution in [0.5, 0.6) is 0 Å². The third-order valence-electron chi connectivity index (χ3n) is 3.78. The SMILES string of the molecule is CCNC(=O)c1ccc(N2C[C@@H](C(F)(F)F)[C@H](C(N)=O)C2)nc1. The van der Waals surface area contributed by atoms with Gasteiger partial charge in [0, 0.05) is 25.8 Å². The highest BCUT2D eigenvalue weighted by atomic mass is 19.4. The number of pyridine rings is 1. The number of rotatable bonds is 4. The Hall–Kier alpha value is -2.32. The van der Waals surface area contributed by atoms with Crippen LogP contribution >= 0.6 is 0 Å². The van der Waals surface area contributed by atoms with Crippen molar-refractivity contribution in [3.05, 3.63) is 23.9 Å². The molecule has 126 valence electrons. The number of alkyl halides is 3. The molecule has 9 heteroatoms. The highest BCUT2D eigenvalue weighted by Gasteiger charge is 2.52. The normalized spacial score (nSPS) is 21.3. The van der Waals surface area contributed by atoms with E-state index in [4.69, 9.17) is 5.73 Å². The topological polar surface area (TPSA) is 88.3 Å². The lowest BCUT2D eigenvalue weighted by Gasteiger charge is -2.19. The maximum Gasteiger partial charge on any atom is 0.394 e. The van der Waals surface area contributed by atoms with E-state index in [0.717, 1.165) is 0 Å². The van der Waals surface area contributed by atoms with Crippen LogP contribution in [0.1, 0.15) is 17.3 Å². The fourth-order valence-corrected chi connectivity index (χ4v) is 2.58. The molecule has 0 bridgehead atoms. The van der Waals surface area contributed by atoms with Crippen LogP contribution in [0.3, 0.4) is 0 Å². The van der Waals surface area contributed by atoms with Gasteiger partial charge in [-0.3, -0.25) is 9.59 Å². The first kappa shape index (κ1) is 17.0. The van der Waals surface area contributed by atoms with Crippen molar-refractivity contribution in [2.75, 3.05) is 24.5 Å². The Labute approximate surface area is 130 Å². The van der Waals surface area contributed by atoms with Crippen LogP contribution in [0.2, 0.25) is 0 Å². The molecule has 1 aromatic rings. The molecule has 0 aliphatic carbocycles. The van der Waals surface area contributed by atoms with Gasteiger partial charge in [-0.2, -0.15) is 13.2 Å². The highest BCUT2D eigenvalue weighted by Crippen LogP contribution is 2.38. The fraction of sp³-hybridized carbons (Fsp3) is 0.500. The number of carbonyl (C=O) groups excluding carboxylic acids is 2. The lowest BCUT2D eigenvalue weighted by molar-refractivity contribution is -0.181. The summed E-state index contributed by atoms with van der Waals surface area (Å²) >= 11 is 0. The maximum absolute atomic E-state index is 13.0. The predicted octanol–water partition coefficient (Wildman–Crippen LogP) is 0.931. The van der Waals surface area contributed by atoms with Gasteiger partial charge in [0.25, 0.3) is 5.91 Å². The van der Waals surface area contributed by atoms with Crippen molar-refractivity contribution < 1.29 is 22.8 Å². The molecule has 1 fully saturated rings. The van der Waals surface area contributed by atoms with Gasteiger partial charge in [-0.15, -0.1) is 0 Å². The smallest absolute Gasteiger partial charge is 0.369 e. The second-order valence-electron chi connectivity index (χ2n) is 5.33. The quantitative estimate of drug-likeness (QED) is 0.860.